The summed E-state index contributed by atoms with van der Waals surface area (Å²) in [4.78, 5) is 0. The molecule has 0 spiro atoms. The summed E-state index contributed by atoms with van der Waals surface area (Å²) in [5.74, 6) is 0. The second-order valence-electron chi connectivity index (χ2n) is 2.02. The quantitative estimate of drug-likeness (QED) is 0.309. The van der Waals surface area contributed by atoms with Gasteiger partial charge in [-0.3, -0.25) is 0 Å². The predicted octanol–water partition coefficient (Wildman–Crippen LogP) is -3.22. The Hall–Kier alpha value is 1.55. The van der Waals surface area contributed by atoms with Crippen molar-refractivity contribution in [1.82, 2.24) is 0 Å². The van der Waals surface area contributed by atoms with Gasteiger partial charge >= 0.3 is 51.4 Å². The van der Waals surface area contributed by atoms with Gasteiger partial charge in [0.15, 0.2) is 0 Å². The van der Waals surface area contributed by atoms with Crippen LogP contribution < -0.4 is 51.4 Å². The fourth-order valence-electron chi connectivity index (χ4n) is 0.373. The molecule has 0 aromatic rings. The van der Waals surface area contributed by atoms with Gasteiger partial charge in [-0.15, -0.1) is 0 Å². The van der Waals surface area contributed by atoms with E-state index < -0.39 is 14.9 Å². The van der Waals surface area contributed by atoms with Crippen molar-refractivity contribution in [2.24, 2.45) is 0 Å². The average molecular weight is 172 g/mol. The molecule has 0 aromatic carbocycles. The van der Waals surface area contributed by atoms with Crippen LogP contribution in [-0.2, 0) is 10.1 Å². The zero-order valence-electron chi connectivity index (χ0n) is 5.12. The third-order valence-electron chi connectivity index (χ3n) is 1.24. The zero-order chi connectivity index (χ0) is 6.41. The van der Waals surface area contributed by atoms with Gasteiger partial charge in [-0.25, -0.2) is 8.42 Å². The van der Waals surface area contributed by atoms with E-state index in [1.54, 1.807) is 0 Å². The number of hydrogen-bond donors (Lipinski definition) is 0. The van der Waals surface area contributed by atoms with Gasteiger partial charge in [-0.1, -0.05) is 0 Å². The van der Waals surface area contributed by atoms with Gasteiger partial charge in [-0.05, 0) is 19.8 Å². The van der Waals surface area contributed by atoms with Gasteiger partial charge in [0.25, 0.3) is 0 Å². The molecule has 0 unspecified atom stereocenters. The molecule has 0 bridgehead atoms. The normalized spacial score (nSPS) is 22.4. The van der Waals surface area contributed by atoms with E-state index in [1.807, 2.05) is 0 Å². The van der Waals surface area contributed by atoms with Crippen molar-refractivity contribution in [2.75, 3.05) is 0 Å². The van der Waals surface area contributed by atoms with Crippen molar-refractivity contribution in [3.8, 4) is 0 Å². The van der Waals surface area contributed by atoms with Gasteiger partial charge in [0.2, 0.25) is 0 Å². The van der Waals surface area contributed by atoms with Crippen molar-refractivity contribution in [3.63, 3.8) is 0 Å². The fraction of sp³-hybridized carbons (Fsp3) is 0.750. The minimum absolute atomic E-state index is 0. The Kier molecular flexibility index (Phi) is 3.38. The first-order chi connectivity index (χ1) is 3.46. The van der Waals surface area contributed by atoms with Crippen LogP contribution in [0.15, 0.2) is 0 Å². The minimum Gasteiger partial charge on any atom is -0.748 e. The summed E-state index contributed by atoms with van der Waals surface area (Å²) >= 11 is 0. The van der Waals surface area contributed by atoms with E-state index in [4.69, 9.17) is 6.92 Å². The SMILES string of the molecule is [CH]C1(S(=O)(=O)[O-])CC1.[K+]. The van der Waals surface area contributed by atoms with Crippen molar-refractivity contribution in [3.05, 3.63) is 6.92 Å². The Morgan fingerprint density at radius 2 is 1.78 bits per heavy atom. The second kappa shape index (κ2) is 2.88. The van der Waals surface area contributed by atoms with E-state index >= 15 is 0 Å². The first-order valence-electron chi connectivity index (χ1n) is 2.20. The summed E-state index contributed by atoms with van der Waals surface area (Å²) in [5, 5.41) is 0. The summed E-state index contributed by atoms with van der Waals surface area (Å²) < 4.78 is 28.7. The Morgan fingerprint density at radius 1 is 1.44 bits per heavy atom. The first kappa shape index (κ1) is 10.5. The van der Waals surface area contributed by atoms with E-state index in [9.17, 15) is 13.0 Å². The topological polar surface area (TPSA) is 57.2 Å². The molecule has 0 aliphatic heterocycles. The molecule has 0 N–H and O–H groups in total. The first-order valence-corrected chi connectivity index (χ1v) is 3.61. The van der Waals surface area contributed by atoms with Crippen molar-refractivity contribution in [1.29, 1.82) is 0 Å². The smallest absolute Gasteiger partial charge is 0.748 e. The van der Waals surface area contributed by atoms with Gasteiger partial charge < -0.3 is 4.55 Å². The molecular formula is C4H5KO3S. The van der Waals surface area contributed by atoms with E-state index in [-0.39, 0.29) is 51.4 Å². The minimum atomic E-state index is -4.20. The average Bonchev–Trinajstić information content (AvgIpc) is 2.16. The van der Waals surface area contributed by atoms with Crippen LogP contribution in [-0.4, -0.2) is 17.7 Å². The Bertz CT molecular complexity index is 192. The fourth-order valence-corrected chi connectivity index (χ4v) is 0.975. The monoisotopic (exact) mass is 172 g/mol. The van der Waals surface area contributed by atoms with Crippen LogP contribution in [0.3, 0.4) is 0 Å². The largest absolute Gasteiger partial charge is 1.00 e. The summed E-state index contributed by atoms with van der Waals surface area (Å²) in [6.45, 7) is 5.02. The Morgan fingerprint density at radius 3 is 1.78 bits per heavy atom. The number of hydrogen-bond acceptors (Lipinski definition) is 3. The van der Waals surface area contributed by atoms with E-state index in [1.165, 1.54) is 0 Å². The molecule has 0 amide bonds. The van der Waals surface area contributed by atoms with Crippen LogP contribution in [0.2, 0.25) is 0 Å². The number of rotatable bonds is 1. The molecule has 1 fully saturated rings. The Balaban J connectivity index is 0.000000640. The summed E-state index contributed by atoms with van der Waals surface area (Å²) in [5.41, 5.74) is 0. The maximum Gasteiger partial charge on any atom is 1.00 e. The Labute approximate surface area is 97.4 Å². The van der Waals surface area contributed by atoms with Crippen LogP contribution in [0.25, 0.3) is 0 Å². The van der Waals surface area contributed by atoms with Gasteiger partial charge in [0.05, 0.1) is 4.75 Å². The molecule has 1 rings (SSSR count). The van der Waals surface area contributed by atoms with Gasteiger partial charge in [0, 0.05) is 0 Å². The molecule has 0 atom stereocenters. The molecular weight excluding hydrogens is 167 g/mol. The molecule has 3 nitrogen and oxygen atoms in total. The van der Waals surface area contributed by atoms with Crippen molar-refractivity contribution >= 4 is 10.1 Å². The van der Waals surface area contributed by atoms with Crippen LogP contribution in [0.4, 0.5) is 0 Å². The van der Waals surface area contributed by atoms with Crippen LogP contribution in [0.5, 0.6) is 0 Å². The molecule has 46 valence electrons. The maximum absolute atomic E-state index is 10.0. The van der Waals surface area contributed by atoms with Crippen molar-refractivity contribution in [2.45, 2.75) is 17.6 Å². The molecule has 0 aromatic heterocycles. The third-order valence-corrected chi connectivity index (χ3v) is 2.64. The predicted molar refractivity (Wildman–Crippen MR) is 26.0 cm³/mol. The van der Waals surface area contributed by atoms with Crippen LogP contribution >= 0.6 is 0 Å². The molecule has 1 saturated carbocycles. The van der Waals surface area contributed by atoms with E-state index in [2.05, 4.69) is 0 Å². The molecule has 1 aliphatic rings. The van der Waals surface area contributed by atoms with Gasteiger partial charge in [0.1, 0.15) is 10.1 Å². The molecule has 5 heteroatoms. The molecule has 2 radical (unpaired) electrons. The molecule has 0 heterocycles. The summed E-state index contributed by atoms with van der Waals surface area (Å²) in [6, 6.07) is 0. The van der Waals surface area contributed by atoms with Gasteiger partial charge in [-0.2, -0.15) is 0 Å². The third kappa shape index (κ3) is 2.25. The van der Waals surface area contributed by atoms with E-state index in [0.717, 1.165) is 0 Å². The summed E-state index contributed by atoms with van der Waals surface area (Å²) in [6.07, 6.45) is 0.637. The molecule has 1 aliphatic carbocycles. The molecule has 0 saturated heterocycles. The maximum atomic E-state index is 10.0. The van der Waals surface area contributed by atoms with Crippen LogP contribution in [0, 0.1) is 6.92 Å². The second-order valence-corrected chi connectivity index (χ2v) is 3.74. The zero-order valence-corrected chi connectivity index (χ0v) is 9.06. The summed E-state index contributed by atoms with van der Waals surface area (Å²) in [7, 11) is -4.20. The van der Waals surface area contributed by atoms with E-state index in [0.29, 0.717) is 12.8 Å². The van der Waals surface area contributed by atoms with Crippen molar-refractivity contribution < 1.29 is 64.4 Å². The standard InChI is InChI=1S/C4H6O3S.K/c1-4(2-3-4)8(5,6)7;/h1H,2-3H2,(H,5,6,7);/q;+1/p-1. The molecule has 9 heavy (non-hydrogen) atoms. The van der Waals surface area contributed by atoms with Crippen LogP contribution in [0.1, 0.15) is 12.8 Å².